The van der Waals surface area contributed by atoms with Crippen molar-refractivity contribution in [3.05, 3.63) is 28.6 Å². The van der Waals surface area contributed by atoms with Crippen LogP contribution in [0.1, 0.15) is 24.3 Å². The Kier molecular flexibility index (Phi) is 3.54. The Hall–Kier alpha value is -1.73. The number of piperazine rings is 1. The van der Waals surface area contributed by atoms with Crippen molar-refractivity contribution in [3.63, 3.8) is 0 Å². The van der Waals surface area contributed by atoms with Gasteiger partial charge in [-0.05, 0) is 25.3 Å². The molecule has 1 saturated heterocycles. The van der Waals surface area contributed by atoms with Gasteiger partial charge in [0.25, 0.3) is 5.91 Å². The largest absolute Gasteiger partial charge is 0.352 e. The molecule has 0 bridgehead atoms. The van der Waals surface area contributed by atoms with Gasteiger partial charge in [0.2, 0.25) is 5.91 Å². The van der Waals surface area contributed by atoms with Gasteiger partial charge in [0.15, 0.2) is 0 Å². The van der Waals surface area contributed by atoms with Crippen LogP contribution in [0, 0.1) is 0 Å². The maximum Gasteiger partial charge on any atom is 0.274 e. The fourth-order valence-corrected chi connectivity index (χ4v) is 3.89. The SMILES string of the molecule is CC1(C)C(=O)NCCN1C(=O)c1csc(-c2cccs2)n1. The molecule has 3 rings (SSSR count). The van der Waals surface area contributed by atoms with E-state index in [1.165, 1.54) is 11.3 Å². The second-order valence-electron chi connectivity index (χ2n) is 5.29. The Morgan fingerprint density at radius 2 is 2.24 bits per heavy atom. The molecule has 5 nitrogen and oxygen atoms in total. The molecule has 0 aromatic carbocycles. The van der Waals surface area contributed by atoms with Crippen LogP contribution in [-0.2, 0) is 4.79 Å². The lowest BCUT2D eigenvalue weighted by atomic mass is 9.98. The highest BCUT2D eigenvalue weighted by Crippen LogP contribution is 2.29. The van der Waals surface area contributed by atoms with Gasteiger partial charge >= 0.3 is 0 Å². The minimum atomic E-state index is -0.845. The number of carbonyl (C=O) groups excluding carboxylic acids is 2. The lowest BCUT2D eigenvalue weighted by Gasteiger charge is -2.40. The van der Waals surface area contributed by atoms with Gasteiger partial charge in [0.05, 0.1) is 4.88 Å². The number of thiophene rings is 1. The fraction of sp³-hybridized carbons (Fsp3) is 0.357. The van der Waals surface area contributed by atoms with Crippen LogP contribution < -0.4 is 5.32 Å². The van der Waals surface area contributed by atoms with Crippen molar-refractivity contribution in [2.75, 3.05) is 13.1 Å². The molecule has 2 amide bonds. The zero-order valence-corrected chi connectivity index (χ0v) is 13.4. The maximum atomic E-state index is 12.6. The summed E-state index contributed by atoms with van der Waals surface area (Å²) < 4.78 is 0. The molecule has 21 heavy (non-hydrogen) atoms. The Labute approximate surface area is 130 Å². The molecular weight excluding hydrogens is 306 g/mol. The normalized spacial score (nSPS) is 17.6. The van der Waals surface area contributed by atoms with E-state index in [0.717, 1.165) is 9.88 Å². The summed E-state index contributed by atoms with van der Waals surface area (Å²) in [5.74, 6) is -0.315. The van der Waals surface area contributed by atoms with E-state index >= 15 is 0 Å². The van der Waals surface area contributed by atoms with Gasteiger partial charge in [-0.1, -0.05) is 6.07 Å². The molecule has 2 aromatic heterocycles. The van der Waals surface area contributed by atoms with Crippen LogP contribution in [0.3, 0.4) is 0 Å². The number of aromatic nitrogens is 1. The van der Waals surface area contributed by atoms with Crippen LogP contribution >= 0.6 is 22.7 Å². The first-order valence-electron chi connectivity index (χ1n) is 6.60. The number of thiazole rings is 1. The van der Waals surface area contributed by atoms with Gasteiger partial charge in [-0.25, -0.2) is 4.98 Å². The number of amides is 2. The Bertz CT molecular complexity index is 676. The lowest BCUT2D eigenvalue weighted by Crippen LogP contribution is -2.63. The Morgan fingerprint density at radius 3 is 2.95 bits per heavy atom. The van der Waals surface area contributed by atoms with Gasteiger partial charge in [-0.2, -0.15) is 0 Å². The summed E-state index contributed by atoms with van der Waals surface area (Å²) in [6.45, 7) is 4.50. The second kappa shape index (κ2) is 5.23. The van der Waals surface area contributed by atoms with Crippen molar-refractivity contribution >= 4 is 34.5 Å². The zero-order valence-electron chi connectivity index (χ0n) is 11.8. The van der Waals surface area contributed by atoms with Crippen LogP contribution in [0.4, 0.5) is 0 Å². The smallest absolute Gasteiger partial charge is 0.274 e. The minimum Gasteiger partial charge on any atom is -0.352 e. The maximum absolute atomic E-state index is 12.6. The Balaban J connectivity index is 1.87. The highest BCUT2D eigenvalue weighted by molar-refractivity contribution is 7.20. The molecule has 1 fully saturated rings. The molecule has 0 unspecified atom stereocenters. The van der Waals surface area contributed by atoms with Crippen molar-refractivity contribution in [3.8, 4) is 9.88 Å². The summed E-state index contributed by atoms with van der Waals surface area (Å²) in [5, 5.41) is 7.37. The minimum absolute atomic E-state index is 0.129. The number of hydrogen-bond acceptors (Lipinski definition) is 5. The summed E-state index contributed by atoms with van der Waals surface area (Å²) in [6.07, 6.45) is 0. The molecule has 0 atom stereocenters. The van der Waals surface area contributed by atoms with Crippen molar-refractivity contribution < 1.29 is 9.59 Å². The third kappa shape index (κ3) is 2.47. The monoisotopic (exact) mass is 321 g/mol. The number of carbonyl (C=O) groups is 2. The molecule has 1 N–H and O–H groups in total. The molecular formula is C14H15N3O2S2. The van der Waals surface area contributed by atoms with Gasteiger partial charge in [-0.3, -0.25) is 9.59 Å². The van der Waals surface area contributed by atoms with Crippen molar-refractivity contribution in [2.45, 2.75) is 19.4 Å². The molecule has 0 saturated carbocycles. The highest BCUT2D eigenvalue weighted by atomic mass is 32.1. The van der Waals surface area contributed by atoms with Gasteiger partial charge in [0, 0.05) is 18.5 Å². The van der Waals surface area contributed by atoms with Crippen LogP contribution in [0.2, 0.25) is 0 Å². The second-order valence-corrected chi connectivity index (χ2v) is 7.09. The van der Waals surface area contributed by atoms with Crippen LogP contribution in [0.25, 0.3) is 9.88 Å². The summed E-state index contributed by atoms with van der Waals surface area (Å²) in [4.78, 5) is 31.6. The van der Waals surface area contributed by atoms with Crippen LogP contribution in [-0.4, -0.2) is 40.3 Å². The lowest BCUT2D eigenvalue weighted by molar-refractivity contribution is -0.133. The Morgan fingerprint density at radius 1 is 1.43 bits per heavy atom. The first-order valence-corrected chi connectivity index (χ1v) is 8.36. The topological polar surface area (TPSA) is 62.3 Å². The first-order chi connectivity index (χ1) is 10.00. The molecule has 0 aliphatic carbocycles. The third-order valence-electron chi connectivity index (χ3n) is 3.55. The van der Waals surface area contributed by atoms with E-state index in [0.29, 0.717) is 18.8 Å². The number of rotatable bonds is 2. The van der Waals surface area contributed by atoms with Crippen LogP contribution in [0.15, 0.2) is 22.9 Å². The van der Waals surface area contributed by atoms with Crippen molar-refractivity contribution in [2.24, 2.45) is 0 Å². The van der Waals surface area contributed by atoms with E-state index in [-0.39, 0.29) is 11.8 Å². The standard InChI is InChI=1S/C14H15N3O2S2/c1-14(2)13(19)15-5-6-17(14)12(18)9-8-21-11(16-9)10-4-3-7-20-10/h3-4,7-8H,5-6H2,1-2H3,(H,15,19). The third-order valence-corrected chi connectivity index (χ3v) is 5.43. The predicted molar refractivity (Wildman–Crippen MR) is 83.6 cm³/mol. The summed E-state index contributed by atoms with van der Waals surface area (Å²) in [5.41, 5.74) is -0.437. The molecule has 7 heteroatoms. The number of nitrogens with zero attached hydrogens (tertiary/aromatic N) is 2. The average molecular weight is 321 g/mol. The van der Waals surface area contributed by atoms with E-state index in [2.05, 4.69) is 10.3 Å². The van der Waals surface area contributed by atoms with Gasteiger partial charge in [-0.15, -0.1) is 22.7 Å². The summed E-state index contributed by atoms with van der Waals surface area (Å²) >= 11 is 3.05. The molecule has 1 aliphatic heterocycles. The van der Waals surface area contributed by atoms with E-state index in [9.17, 15) is 9.59 Å². The van der Waals surface area contributed by atoms with E-state index in [1.54, 1.807) is 35.5 Å². The summed E-state index contributed by atoms with van der Waals surface area (Å²) in [7, 11) is 0. The quantitative estimate of drug-likeness (QED) is 0.922. The highest BCUT2D eigenvalue weighted by Gasteiger charge is 2.41. The van der Waals surface area contributed by atoms with Gasteiger partial charge in [0.1, 0.15) is 16.2 Å². The van der Waals surface area contributed by atoms with Crippen molar-refractivity contribution in [1.29, 1.82) is 0 Å². The zero-order chi connectivity index (χ0) is 15.0. The van der Waals surface area contributed by atoms with E-state index < -0.39 is 5.54 Å². The van der Waals surface area contributed by atoms with Crippen molar-refractivity contribution in [1.82, 2.24) is 15.2 Å². The predicted octanol–water partition coefficient (Wildman–Crippen LogP) is 2.22. The molecule has 0 spiro atoms. The van der Waals surface area contributed by atoms with E-state index in [4.69, 9.17) is 0 Å². The molecule has 110 valence electrons. The molecule has 0 radical (unpaired) electrons. The first kappa shape index (κ1) is 14.2. The molecule has 2 aromatic rings. The fourth-order valence-electron chi connectivity index (χ4n) is 2.28. The average Bonchev–Trinajstić information content (AvgIpc) is 3.10. The number of nitrogens with one attached hydrogen (secondary N) is 1. The van der Waals surface area contributed by atoms with Crippen LogP contribution in [0.5, 0.6) is 0 Å². The van der Waals surface area contributed by atoms with Gasteiger partial charge < -0.3 is 10.2 Å². The van der Waals surface area contributed by atoms with E-state index in [1.807, 2.05) is 17.5 Å². The molecule has 3 heterocycles. The summed E-state index contributed by atoms with van der Waals surface area (Å²) in [6, 6.07) is 3.94. The number of hydrogen-bond donors (Lipinski definition) is 1. The molecule has 1 aliphatic rings.